The van der Waals surface area contributed by atoms with Crippen LogP contribution in [0.4, 0.5) is 0 Å². The van der Waals surface area contributed by atoms with Crippen LogP contribution in [0, 0.1) is 11.8 Å². The third-order valence-corrected chi connectivity index (χ3v) is 10.6. The van der Waals surface area contributed by atoms with E-state index in [2.05, 4.69) is 0 Å². The monoisotopic (exact) mass is 726 g/mol. The average molecular weight is 727 g/mol. The summed E-state index contributed by atoms with van der Waals surface area (Å²) in [6.45, 7) is -1.29. The van der Waals surface area contributed by atoms with Crippen molar-refractivity contribution in [2.75, 3.05) is 13.2 Å². The Hall–Kier alpha value is -1.66. The number of aliphatic hydroxyl groups excluding tert-OH is 10. The fraction of sp³-hybridized carbons (Fsp3) is 0.935. The van der Waals surface area contributed by atoms with Crippen molar-refractivity contribution in [1.82, 2.24) is 0 Å². The summed E-state index contributed by atoms with van der Waals surface area (Å²) < 4.78 is 33.7. The van der Waals surface area contributed by atoms with Gasteiger partial charge in [0.05, 0.1) is 43.4 Å². The van der Waals surface area contributed by atoms with E-state index in [0.717, 1.165) is 0 Å². The molecule has 19 atom stereocenters. The SMILES string of the molecule is O=C([O-])CCC(=O)OC[C@H]1O[C@@H](OC2CC3C(O[C@@H]4O[C@H](CO)[C@@H](O)[C@H](O)[C@H]4O)CC(O)CC3[OH+]C2C2CCC(O)C(O)C2)[C@H](O)[C@@H](O)[C@@H]1O. The zero-order chi connectivity index (χ0) is 36.4. The molecule has 9 unspecified atom stereocenters. The highest BCUT2D eigenvalue weighted by molar-refractivity contribution is 5.75. The first kappa shape index (κ1) is 39.5. The number of rotatable bonds is 11. The molecule has 5 fully saturated rings. The second kappa shape index (κ2) is 17.0. The summed E-state index contributed by atoms with van der Waals surface area (Å²) >= 11 is 0. The molecule has 0 bridgehead atoms. The molecule has 3 heterocycles. The number of aliphatic hydroxyl groups is 12. The number of ether oxygens (including phenoxy) is 6. The number of hydrogen-bond donors (Lipinski definition) is 10. The summed E-state index contributed by atoms with van der Waals surface area (Å²) in [7, 11) is 0. The topological polar surface area (TPSA) is 318 Å². The molecule has 3 saturated heterocycles. The number of esters is 1. The lowest BCUT2D eigenvalue weighted by atomic mass is 9.72. The number of fused-ring (bicyclic) bond motifs is 1. The lowest BCUT2D eigenvalue weighted by molar-refractivity contribution is -0.367. The Balaban J connectivity index is 1.35. The Kier molecular flexibility index (Phi) is 13.4. The van der Waals surface area contributed by atoms with Crippen molar-refractivity contribution in [1.29, 1.82) is 0 Å². The maximum atomic E-state index is 12.0. The molecular weight excluding hydrogens is 676 g/mol. The third-order valence-electron chi connectivity index (χ3n) is 10.6. The van der Waals surface area contributed by atoms with Crippen LogP contribution < -0.4 is 5.11 Å². The first-order valence-corrected chi connectivity index (χ1v) is 17.1. The van der Waals surface area contributed by atoms with Gasteiger partial charge in [-0.2, -0.15) is 0 Å². The first-order valence-electron chi connectivity index (χ1n) is 17.1. The van der Waals surface area contributed by atoms with E-state index in [-0.39, 0.29) is 38.0 Å². The van der Waals surface area contributed by atoms with E-state index in [4.69, 9.17) is 28.4 Å². The molecule has 2 saturated carbocycles. The van der Waals surface area contributed by atoms with Crippen molar-refractivity contribution in [2.24, 2.45) is 11.8 Å². The fourth-order valence-electron chi connectivity index (χ4n) is 7.78. The minimum Gasteiger partial charge on any atom is -0.550 e. The number of hydrogen-bond acceptors (Lipinski definition) is 18. The lowest BCUT2D eigenvalue weighted by Crippen LogP contribution is -2.64. The second-order valence-corrected chi connectivity index (χ2v) is 14.1. The zero-order valence-electron chi connectivity index (χ0n) is 27.2. The summed E-state index contributed by atoms with van der Waals surface area (Å²) in [5.41, 5.74) is 0. The van der Waals surface area contributed by atoms with Crippen molar-refractivity contribution in [3.8, 4) is 0 Å². The van der Waals surface area contributed by atoms with Crippen molar-refractivity contribution < 1.29 is 94.2 Å². The third kappa shape index (κ3) is 8.92. The van der Waals surface area contributed by atoms with E-state index in [1.54, 1.807) is 0 Å². The lowest BCUT2D eigenvalue weighted by Gasteiger charge is -2.50. The molecular formula is C31H50O19. The summed E-state index contributed by atoms with van der Waals surface area (Å²) in [6, 6.07) is 0. The van der Waals surface area contributed by atoms with Gasteiger partial charge in [-0.1, -0.05) is 0 Å². The summed E-state index contributed by atoms with van der Waals surface area (Å²) in [6.07, 6.45) is -21.8. The Bertz CT molecular complexity index is 1130. The molecule has 3 aliphatic heterocycles. The van der Waals surface area contributed by atoms with Crippen LogP contribution in [0.15, 0.2) is 0 Å². The van der Waals surface area contributed by atoms with Gasteiger partial charge >= 0.3 is 5.97 Å². The molecule has 5 aliphatic rings. The van der Waals surface area contributed by atoms with Crippen LogP contribution in [-0.4, -0.2) is 185 Å². The van der Waals surface area contributed by atoms with E-state index < -0.39 is 148 Å². The van der Waals surface area contributed by atoms with Gasteiger partial charge < -0.3 is 89.4 Å². The molecule has 0 aromatic rings. The van der Waals surface area contributed by atoms with E-state index >= 15 is 0 Å². The van der Waals surface area contributed by atoms with Crippen molar-refractivity contribution >= 4 is 11.9 Å². The standard InChI is InChI=1S/C31H50O19/c32-9-19-23(39)25(41)27(43)30(49-19)47-17-7-12(33)6-16-13(17)8-18(29(46-16)11-1-2-14(34)15(35)5-11)48-31-28(44)26(42)24(40)20(50-31)10-45-22(38)4-3-21(36)37/h11-20,23-35,39-44H,1-10H2,(H,36,37)/t11?,12?,13?,14?,15?,16?,17?,18?,19-,20-,23-,24-,25+,26+,27-,28-,29?,30-,31-/m1/s1. The number of carbonyl (C=O) groups excluding carboxylic acids is 2. The molecule has 50 heavy (non-hydrogen) atoms. The van der Waals surface area contributed by atoms with Crippen LogP contribution in [0.25, 0.3) is 0 Å². The molecule has 11 N–H and O–H groups in total. The van der Waals surface area contributed by atoms with Crippen LogP contribution in [0.5, 0.6) is 0 Å². The van der Waals surface area contributed by atoms with Gasteiger partial charge in [-0.05, 0) is 32.1 Å². The second-order valence-electron chi connectivity index (χ2n) is 14.1. The number of carboxylic acids is 1. The summed E-state index contributed by atoms with van der Waals surface area (Å²) in [5.74, 6) is -3.25. The molecule has 0 spiro atoms. The minimum atomic E-state index is -1.81. The first-order chi connectivity index (χ1) is 23.7. The Morgan fingerprint density at radius 2 is 1.32 bits per heavy atom. The molecule has 0 aromatic carbocycles. The van der Waals surface area contributed by atoms with Crippen molar-refractivity contribution in [2.45, 2.75) is 156 Å². The van der Waals surface area contributed by atoms with Gasteiger partial charge in [-0.3, -0.25) is 4.79 Å². The van der Waals surface area contributed by atoms with Gasteiger partial charge in [0.15, 0.2) is 24.8 Å². The predicted octanol–water partition coefficient (Wildman–Crippen LogP) is -6.60. The number of carbonyl (C=O) groups is 2. The smallest absolute Gasteiger partial charge is 0.306 e. The normalized spacial score (nSPS) is 48.4. The zero-order valence-corrected chi connectivity index (χ0v) is 27.2. The van der Waals surface area contributed by atoms with Gasteiger partial charge in [0, 0.05) is 24.7 Å². The maximum absolute atomic E-state index is 12.0. The molecule has 0 aromatic heterocycles. The maximum Gasteiger partial charge on any atom is 0.306 e. The molecule has 2 aliphatic carbocycles. The number of aliphatic carboxylic acids is 1. The van der Waals surface area contributed by atoms with E-state index in [1.807, 2.05) is 0 Å². The van der Waals surface area contributed by atoms with Crippen molar-refractivity contribution in [3.63, 3.8) is 0 Å². The average Bonchev–Trinajstić information content (AvgIpc) is 3.08. The van der Waals surface area contributed by atoms with Crippen LogP contribution >= 0.6 is 0 Å². The van der Waals surface area contributed by atoms with Gasteiger partial charge in [0.25, 0.3) is 0 Å². The van der Waals surface area contributed by atoms with Crippen LogP contribution in [0.1, 0.15) is 51.4 Å². The van der Waals surface area contributed by atoms with E-state index in [0.29, 0.717) is 6.42 Å². The highest BCUT2D eigenvalue weighted by Gasteiger charge is 2.56. The predicted molar refractivity (Wildman–Crippen MR) is 158 cm³/mol. The van der Waals surface area contributed by atoms with Gasteiger partial charge in [-0.25, -0.2) is 0 Å². The van der Waals surface area contributed by atoms with Crippen LogP contribution in [0.2, 0.25) is 0 Å². The Morgan fingerprint density at radius 1 is 0.700 bits per heavy atom. The summed E-state index contributed by atoms with van der Waals surface area (Å²) in [5, 5.41) is 115. The molecule has 19 heteroatoms. The highest BCUT2D eigenvalue weighted by atomic mass is 16.7. The van der Waals surface area contributed by atoms with Gasteiger partial charge in [0.2, 0.25) is 0 Å². The van der Waals surface area contributed by atoms with Gasteiger partial charge in [-0.15, -0.1) is 0 Å². The Labute approximate surface area is 286 Å². The minimum absolute atomic E-state index is 0.0519. The molecule has 0 amide bonds. The molecule has 288 valence electrons. The quantitative estimate of drug-likeness (QED) is 0.0699. The largest absolute Gasteiger partial charge is 0.550 e. The van der Waals surface area contributed by atoms with Gasteiger partial charge in [0.1, 0.15) is 61.5 Å². The van der Waals surface area contributed by atoms with Crippen molar-refractivity contribution in [3.05, 3.63) is 0 Å². The molecule has 0 radical (unpaired) electrons. The number of carboxylic acid groups (broad SMARTS) is 1. The summed E-state index contributed by atoms with van der Waals surface area (Å²) in [4.78, 5) is 22.7. The Morgan fingerprint density at radius 3 is 1.94 bits per heavy atom. The fourth-order valence-corrected chi connectivity index (χ4v) is 7.78. The molecule has 5 rings (SSSR count). The van der Waals surface area contributed by atoms with E-state index in [1.165, 1.54) is 0 Å². The van der Waals surface area contributed by atoms with Crippen LogP contribution in [0.3, 0.4) is 0 Å². The van der Waals surface area contributed by atoms with Crippen LogP contribution in [-0.2, 0) is 33.3 Å². The van der Waals surface area contributed by atoms with E-state index in [9.17, 15) is 65.8 Å². The molecule has 19 nitrogen and oxygen atoms in total. The highest BCUT2D eigenvalue weighted by Crippen LogP contribution is 2.43.